The summed E-state index contributed by atoms with van der Waals surface area (Å²) in [7, 11) is 0. The lowest BCUT2D eigenvalue weighted by Gasteiger charge is -2.31. The van der Waals surface area contributed by atoms with Crippen LogP contribution < -0.4 is 4.90 Å². The van der Waals surface area contributed by atoms with Gasteiger partial charge in [-0.1, -0.05) is 20.8 Å². The van der Waals surface area contributed by atoms with Crippen LogP contribution in [0.5, 0.6) is 0 Å². The SMILES string of the molecule is CC1CCC(C)(C)CN(c2ccc(C(F)(F)F)cc2[N+](=O)[O-])C1. The molecule has 1 atom stereocenters. The molecule has 0 amide bonds. The summed E-state index contributed by atoms with van der Waals surface area (Å²) in [5.41, 5.74) is -1.24. The van der Waals surface area contributed by atoms with Crippen molar-refractivity contribution in [2.75, 3.05) is 18.0 Å². The van der Waals surface area contributed by atoms with Crippen LogP contribution in [0.3, 0.4) is 0 Å². The minimum Gasteiger partial charge on any atom is -0.365 e. The number of benzene rings is 1. The van der Waals surface area contributed by atoms with Gasteiger partial charge in [0.1, 0.15) is 5.69 Å². The van der Waals surface area contributed by atoms with E-state index >= 15 is 0 Å². The smallest absolute Gasteiger partial charge is 0.365 e. The minimum absolute atomic E-state index is 0.0404. The highest BCUT2D eigenvalue weighted by molar-refractivity contribution is 5.65. The first-order valence-electron chi connectivity index (χ1n) is 7.60. The molecular formula is C16H21F3N2O2. The molecule has 4 nitrogen and oxygen atoms in total. The molecule has 0 spiro atoms. The van der Waals surface area contributed by atoms with Crippen molar-refractivity contribution in [3.05, 3.63) is 33.9 Å². The summed E-state index contributed by atoms with van der Waals surface area (Å²) in [6.07, 6.45) is -2.61. The molecule has 0 bridgehead atoms. The molecule has 0 aromatic heterocycles. The third-order valence-corrected chi connectivity index (χ3v) is 4.30. The molecule has 0 radical (unpaired) electrons. The van der Waals surface area contributed by atoms with Crippen LogP contribution in [0.4, 0.5) is 24.5 Å². The average Bonchev–Trinajstić information content (AvgIpc) is 2.55. The normalized spacial score (nSPS) is 21.8. The Balaban J connectivity index is 2.46. The molecule has 7 heteroatoms. The second kappa shape index (κ2) is 6.02. The number of hydrogen-bond donors (Lipinski definition) is 0. The van der Waals surface area contributed by atoms with E-state index in [1.54, 1.807) is 0 Å². The predicted molar refractivity (Wildman–Crippen MR) is 82.5 cm³/mol. The largest absolute Gasteiger partial charge is 0.416 e. The molecule has 1 aliphatic rings. The molecule has 0 aliphatic carbocycles. The lowest BCUT2D eigenvalue weighted by Crippen LogP contribution is -2.34. The quantitative estimate of drug-likeness (QED) is 0.574. The molecular weight excluding hydrogens is 309 g/mol. The number of rotatable bonds is 2. The highest BCUT2D eigenvalue weighted by Crippen LogP contribution is 2.39. The zero-order valence-electron chi connectivity index (χ0n) is 13.5. The average molecular weight is 330 g/mol. The highest BCUT2D eigenvalue weighted by atomic mass is 19.4. The summed E-state index contributed by atoms with van der Waals surface area (Å²) in [5.74, 6) is 0.332. The Labute approximate surface area is 133 Å². The fraction of sp³-hybridized carbons (Fsp3) is 0.625. The van der Waals surface area contributed by atoms with Crippen LogP contribution in [0, 0.1) is 21.4 Å². The van der Waals surface area contributed by atoms with E-state index in [1.807, 2.05) is 4.90 Å². The molecule has 1 aromatic rings. The van der Waals surface area contributed by atoms with Gasteiger partial charge in [-0.3, -0.25) is 10.1 Å². The van der Waals surface area contributed by atoms with Crippen molar-refractivity contribution in [2.45, 2.75) is 39.8 Å². The van der Waals surface area contributed by atoms with Gasteiger partial charge in [0.05, 0.1) is 10.5 Å². The van der Waals surface area contributed by atoms with Crippen LogP contribution in [0.2, 0.25) is 0 Å². The van der Waals surface area contributed by atoms with Crippen LogP contribution in [0.15, 0.2) is 18.2 Å². The summed E-state index contributed by atoms with van der Waals surface area (Å²) in [4.78, 5) is 12.4. The number of hydrogen-bond acceptors (Lipinski definition) is 3. The summed E-state index contributed by atoms with van der Waals surface area (Å²) in [5, 5.41) is 11.3. The first-order valence-corrected chi connectivity index (χ1v) is 7.60. The standard InChI is InChI=1S/C16H21F3N2O2/c1-11-6-7-15(2,3)10-20(9-11)13-5-4-12(16(17,18)19)8-14(13)21(22)23/h4-5,8,11H,6-7,9-10H2,1-3H3. The van der Waals surface area contributed by atoms with Crippen molar-refractivity contribution in [2.24, 2.45) is 11.3 Å². The van der Waals surface area contributed by atoms with Crippen molar-refractivity contribution in [1.29, 1.82) is 0 Å². The molecule has 23 heavy (non-hydrogen) atoms. The molecule has 1 fully saturated rings. The minimum atomic E-state index is -4.59. The zero-order valence-corrected chi connectivity index (χ0v) is 13.5. The number of anilines is 1. The van der Waals surface area contributed by atoms with E-state index in [9.17, 15) is 23.3 Å². The zero-order chi connectivity index (χ0) is 17.4. The summed E-state index contributed by atoms with van der Waals surface area (Å²) in [6, 6.07) is 2.79. The van der Waals surface area contributed by atoms with Gasteiger partial charge in [0.2, 0.25) is 0 Å². The van der Waals surface area contributed by atoms with Gasteiger partial charge in [0, 0.05) is 19.2 Å². The van der Waals surface area contributed by atoms with E-state index in [-0.39, 0.29) is 11.1 Å². The molecule has 1 aromatic carbocycles. The molecule has 128 valence electrons. The van der Waals surface area contributed by atoms with Gasteiger partial charge in [-0.15, -0.1) is 0 Å². The molecule has 0 N–H and O–H groups in total. The van der Waals surface area contributed by atoms with Gasteiger partial charge in [-0.25, -0.2) is 0 Å². The van der Waals surface area contributed by atoms with Crippen molar-refractivity contribution >= 4 is 11.4 Å². The highest BCUT2D eigenvalue weighted by Gasteiger charge is 2.35. The van der Waals surface area contributed by atoms with Crippen molar-refractivity contribution in [3.63, 3.8) is 0 Å². The summed E-state index contributed by atoms with van der Waals surface area (Å²) < 4.78 is 38.5. The number of alkyl halides is 3. The lowest BCUT2D eigenvalue weighted by molar-refractivity contribution is -0.384. The first-order chi connectivity index (χ1) is 10.5. The Morgan fingerprint density at radius 2 is 2.00 bits per heavy atom. The van der Waals surface area contributed by atoms with Crippen molar-refractivity contribution < 1.29 is 18.1 Å². The third-order valence-electron chi connectivity index (χ3n) is 4.30. The Morgan fingerprint density at radius 3 is 2.57 bits per heavy atom. The number of nitro groups is 1. The van der Waals surface area contributed by atoms with E-state index < -0.39 is 22.4 Å². The molecule has 1 heterocycles. The van der Waals surface area contributed by atoms with Crippen LogP contribution in [-0.4, -0.2) is 18.0 Å². The first kappa shape index (κ1) is 17.6. The van der Waals surface area contributed by atoms with E-state index in [2.05, 4.69) is 20.8 Å². The topological polar surface area (TPSA) is 46.4 Å². The Morgan fingerprint density at radius 1 is 1.35 bits per heavy atom. The van der Waals surface area contributed by atoms with E-state index in [1.165, 1.54) is 6.07 Å². The van der Waals surface area contributed by atoms with Crippen LogP contribution in [0.1, 0.15) is 39.2 Å². The van der Waals surface area contributed by atoms with Crippen LogP contribution in [-0.2, 0) is 6.18 Å². The fourth-order valence-electron chi connectivity index (χ4n) is 3.06. The van der Waals surface area contributed by atoms with E-state index in [4.69, 9.17) is 0 Å². The predicted octanol–water partition coefficient (Wildman–Crippen LogP) is 4.88. The second-order valence-corrected chi connectivity index (χ2v) is 7.15. The maximum absolute atomic E-state index is 12.8. The molecule has 0 saturated carbocycles. The van der Waals surface area contributed by atoms with Gasteiger partial charge < -0.3 is 4.90 Å². The van der Waals surface area contributed by atoms with E-state index in [0.29, 0.717) is 25.1 Å². The maximum atomic E-state index is 12.8. The van der Waals surface area contributed by atoms with Gasteiger partial charge in [-0.2, -0.15) is 13.2 Å². The molecule has 1 aliphatic heterocycles. The van der Waals surface area contributed by atoms with Crippen LogP contribution >= 0.6 is 0 Å². The maximum Gasteiger partial charge on any atom is 0.416 e. The number of nitro benzene ring substituents is 1. The van der Waals surface area contributed by atoms with Gasteiger partial charge in [-0.05, 0) is 36.3 Å². The van der Waals surface area contributed by atoms with Crippen molar-refractivity contribution in [3.8, 4) is 0 Å². The Hall–Kier alpha value is -1.79. The molecule has 1 unspecified atom stereocenters. The third kappa shape index (κ3) is 4.14. The fourth-order valence-corrected chi connectivity index (χ4v) is 3.06. The van der Waals surface area contributed by atoms with Crippen LogP contribution in [0.25, 0.3) is 0 Å². The van der Waals surface area contributed by atoms with Crippen molar-refractivity contribution in [1.82, 2.24) is 0 Å². The van der Waals surface area contributed by atoms with Gasteiger partial charge in [0.25, 0.3) is 5.69 Å². The molecule has 1 saturated heterocycles. The lowest BCUT2D eigenvalue weighted by atomic mass is 9.86. The second-order valence-electron chi connectivity index (χ2n) is 7.15. The number of halogens is 3. The number of nitrogens with zero attached hydrogens (tertiary/aromatic N) is 2. The Bertz CT molecular complexity index is 599. The summed E-state index contributed by atoms with van der Waals surface area (Å²) in [6.45, 7) is 7.41. The Kier molecular flexibility index (Phi) is 4.59. The summed E-state index contributed by atoms with van der Waals surface area (Å²) >= 11 is 0. The van der Waals surface area contributed by atoms with Gasteiger partial charge in [0.15, 0.2) is 0 Å². The van der Waals surface area contributed by atoms with E-state index in [0.717, 1.165) is 18.9 Å². The monoisotopic (exact) mass is 330 g/mol. The molecule has 2 rings (SSSR count). The van der Waals surface area contributed by atoms with Gasteiger partial charge >= 0.3 is 6.18 Å².